The summed E-state index contributed by atoms with van der Waals surface area (Å²) in [7, 11) is 0. The van der Waals surface area contributed by atoms with Crippen LogP contribution in [0.3, 0.4) is 0 Å². The van der Waals surface area contributed by atoms with Crippen molar-refractivity contribution in [2.45, 2.75) is 32.8 Å². The van der Waals surface area contributed by atoms with Crippen molar-refractivity contribution in [1.29, 1.82) is 0 Å². The quantitative estimate of drug-likeness (QED) is 0.771. The zero-order valence-electron chi connectivity index (χ0n) is 11.1. The Morgan fingerprint density at radius 1 is 1.56 bits per heavy atom. The van der Waals surface area contributed by atoms with Crippen LogP contribution in [0.25, 0.3) is 0 Å². The summed E-state index contributed by atoms with van der Waals surface area (Å²) in [6, 6.07) is 3.31. The van der Waals surface area contributed by atoms with Crippen molar-refractivity contribution in [1.82, 2.24) is 4.90 Å². The van der Waals surface area contributed by atoms with E-state index in [4.69, 9.17) is 9.15 Å². The molecule has 100 valence electrons. The predicted molar refractivity (Wildman–Crippen MR) is 68.4 cm³/mol. The van der Waals surface area contributed by atoms with Gasteiger partial charge in [0.2, 0.25) is 5.76 Å². The predicted octanol–water partition coefficient (Wildman–Crippen LogP) is 2.56. The van der Waals surface area contributed by atoms with E-state index in [0.29, 0.717) is 0 Å². The van der Waals surface area contributed by atoms with Gasteiger partial charge in [-0.05, 0) is 50.9 Å². The number of carbonyl (C=O) groups excluding carboxylic acids is 1. The summed E-state index contributed by atoms with van der Waals surface area (Å²) in [5.41, 5.74) is 0. The summed E-state index contributed by atoms with van der Waals surface area (Å²) in [6.45, 7) is 7.23. The van der Waals surface area contributed by atoms with Gasteiger partial charge < -0.3 is 9.15 Å². The van der Waals surface area contributed by atoms with Gasteiger partial charge in [-0.2, -0.15) is 0 Å². The van der Waals surface area contributed by atoms with Crippen LogP contribution in [0.15, 0.2) is 22.8 Å². The van der Waals surface area contributed by atoms with Crippen LogP contribution in [0, 0.1) is 5.92 Å². The first kappa shape index (κ1) is 13.1. The van der Waals surface area contributed by atoms with Crippen molar-refractivity contribution in [3.05, 3.63) is 24.2 Å². The average Bonchev–Trinajstić information content (AvgIpc) is 2.85. The maximum atomic E-state index is 11.7. The molecule has 1 aliphatic rings. The van der Waals surface area contributed by atoms with Gasteiger partial charge in [0.25, 0.3) is 0 Å². The van der Waals surface area contributed by atoms with E-state index in [0.717, 1.165) is 25.6 Å². The van der Waals surface area contributed by atoms with E-state index in [-0.39, 0.29) is 17.8 Å². The van der Waals surface area contributed by atoms with Gasteiger partial charge in [0, 0.05) is 6.54 Å². The molecule has 0 N–H and O–H groups in total. The molecule has 18 heavy (non-hydrogen) atoms. The van der Waals surface area contributed by atoms with Crippen molar-refractivity contribution in [2.75, 3.05) is 19.6 Å². The molecule has 1 atom stereocenters. The van der Waals surface area contributed by atoms with Crippen molar-refractivity contribution in [3.8, 4) is 0 Å². The SMILES string of the molecule is CC1CCN(C[C@@H](C)OC(=O)c2ccco2)CC1. The Bertz CT molecular complexity index is 366. The van der Waals surface area contributed by atoms with Crippen molar-refractivity contribution in [2.24, 2.45) is 5.92 Å². The maximum Gasteiger partial charge on any atom is 0.374 e. The molecule has 0 bridgehead atoms. The molecule has 1 aromatic rings. The molecular weight excluding hydrogens is 230 g/mol. The third-order valence-electron chi connectivity index (χ3n) is 3.42. The van der Waals surface area contributed by atoms with Crippen molar-refractivity contribution >= 4 is 5.97 Å². The van der Waals surface area contributed by atoms with E-state index >= 15 is 0 Å². The molecule has 4 heteroatoms. The Morgan fingerprint density at radius 3 is 2.89 bits per heavy atom. The molecular formula is C14H21NO3. The van der Waals surface area contributed by atoms with Crippen LogP contribution in [0.4, 0.5) is 0 Å². The third kappa shape index (κ3) is 3.60. The lowest BCUT2D eigenvalue weighted by atomic mass is 9.99. The van der Waals surface area contributed by atoms with E-state index in [1.165, 1.54) is 19.1 Å². The van der Waals surface area contributed by atoms with Crippen LogP contribution in [-0.4, -0.2) is 36.6 Å². The molecule has 0 spiro atoms. The Morgan fingerprint density at radius 2 is 2.28 bits per heavy atom. The van der Waals surface area contributed by atoms with Gasteiger partial charge in [0.05, 0.1) is 6.26 Å². The fourth-order valence-electron chi connectivity index (χ4n) is 2.28. The Hall–Kier alpha value is -1.29. The van der Waals surface area contributed by atoms with E-state index in [2.05, 4.69) is 11.8 Å². The number of hydrogen-bond acceptors (Lipinski definition) is 4. The number of piperidine rings is 1. The summed E-state index contributed by atoms with van der Waals surface area (Å²) < 4.78 is 10.4. The lowest BCUT2D eigenvalue weighted by Gasteiger charge is -2.31. The largest absolute Gasteiger partial charge is 0.457 e. The van der Waals surface area contributed by atoms with Gasteiger partial charge >= 0.3 is 5.97 Å². The van der Waals surface area contributed by atoms with E-state index in [1.54, 1.807) is 12.1 Å². The number of esters is 1. The second kappa shape index (κ2) is 6.05. The standard InChI is InChI=1S/C14H21NO3/c1-11-5-7-15(8-6-11)10-12(2)18-14(16)13-4-3-9-17-13/h3-4,9,11-12H,5-8,10H2,1-2H3/t12-/m1/s1. The molecule has 0 radical (unpaired) electrons. The zero-order chi connectivity index (χ0) is 13.0. The number of ether oxygens (including phenoxy) is 1. The first-order chi connectivity index (χ1) is 8.65. The summed E-state index contributed by atoms with van der Waals surface area (Å²) in [6.07, 6.45) is 3.85. The molecule has 0 amide bonds. The fourth-order valence-corrected chi connectivity index (χ4v) is 2.28. The minimum absolute atomic E-state index is 0.101. The number of likely N-dealkylation sites (tertiary alicyclic amines) is 1. The lowest BCUT2D eigenvalue weighted by molar-refractivity contribution is 0.0189. The molecule has 1 fully saturated rings. The monoisotopic (exact) mass is 251 g/mol. The van der Waals surface area contributed by atoms with E-state index in [1.807, 2.05) is 6.92 Å². The van der Waals surface area contributed by atoms with Gasteiger partial charge in [-0.15, -0.1) is 0 Å². The molecule has 0 aliphatic carbocycles. The number of hydrogen-bond donors (Lipinski definition) is 0. The second-order valence-electron chi connectivity index (χ2n) is 5.18. The number of furan rings is 1. The smallest absolute Gasteiger partial charge is 0.374 e. The van der Waals surface area contributed by atoms with Crippen LogP contribution in [-0.2, 0) is 4.74 Å². The summed E-state index contributed by atoms with van der Waals surface area (Å²) in [5, 5.41) is 0. The highest BCUT2D eigenvalue weighted by molar-refractivity contribution is 5.86. The van der Waals surface area contributed by atoms with Crippen LogP contribution in [0.5, 0.6) is 0 Å². The van der Waals surface area contributed by atoms with Gasteiger partial charge in [0.15, 0.2) is 0 Å². The van der Waals surface area contributed by atoms with Crippen molar-refractivity contribution in [3.63, 3.8) is 0 Å². The number of carbonyl (C=O) groups is 1. The van der Waals surface area contributed by atoms with E-state index in [9.17, 15) is 4.79 Å². The highest BCUT2D eigenvalue weighted by atomic mass is 16.6. The van der Waals surface area contributed by atoms with Gasteiger partial charge in [-0.25, -0.2) is 4.79 Å². The van der Waals surface area contributed by atoms with E-state index < -0.39 is 0 Å². The molecule has 2 rings (SSSR count). The Kier molecular flexibility index (Phi) is 4.42. The van der Waals surface area contributed by atoms with Crippen LogP contribution in [0.2, 0.25) is 0 Å². The number of nitrogens with zero attached hydrogens (tertiary/aromatic N) is 1. The lowest BCUT2D eigenvalue weighted by Crippen LogP contribution is -2.38. The highest BCUT2D eigenvalue weighted by Crippen LogP contribution is 2.16. The third-order valence-corrected chi connectivity index (χ3v) is 3.42. The molecule has 0 saturated carbocycles. The molecule has 0 unspecified atom stereocenters. The van der Waals surface area contributed by atoms with Gasteiger partial charge in [0.1, 0.15) is 6.10 Å². The minimum Gasteiger partial charge on any atom is -0.457 e. The molecule has 2 heterocycles. The topological polar surface area (TPSA) is 42.7 Å². The summed E-state index contributed by atoms with van der Waals surface area (Å²) in [4.78, 5) is 14.0. The van der Waals surface area contributed by atoms with Crippen LogP contribution in [0.1, 0.15) is 37.2 Å². The van der Waals surface area contributed by atoms with Gasteiger partial charge in [-0.1, -0.05) is 6.92 Å². The average molecular weight is 251 g/mol. The second-order valence-corrected chi connectivity index (χ2v) is 5.18. The summed E-state index contributed by atoms with van der Waals surface area (Å²) >= 11 is 0. The number of rotatable bonds is 4. The maximum absolute atomic E-state index is 11.7. The first-order valence-electron chi connectivity index (χ1n) is 6.62. The molecule has 4 nitrogen and oxygen atoms in total. The zero-order valence-corrected chi connectivity index (χ0v) is 11.1. The normalized spacial score (nSPS) is 19.7. The molecule has 1 aliphatic heterocycles. The molecule has 1 aromatic heterocycles. The molecule has 1 saturated heterocycles. The Balaban J connectivity index is 1.75. The minimum atomic E-state index is -0.377. The van der Waals surface area contributed by atoms with Gasteiger partial charge in [-0.3, -0.25) is 4.90 Å². The van der Waals surface area contributed by atoms with Crippen LogP contribution >= 0.6 is 0 Å². The highest BCUT2D eigenvalue weighted by Gasteiger charge is 2.20. The van der Waals surface area contributed by atoms with Crippen LogP contribution < -0.4 is 0 Å². The fraction of sp³-hybridized carbons (Fsp3) is 0.643. The Labute approximate surface area is 108 Å². The molecule has 0 aromatic carbocycles. The van der Waals surface area contributed by atoms with Crippen molar-refractivity contribution < 1.29 is 13.9 Å². The summed E-state index contributed by atoms with van der Waals surface area (Å²) in [5.74, 6) is 0.717. The first-order valence-corrected chi connectivity index (χ1v) is 6.62.